The number of unbranched alkanes of at least 4 members (excludes halogenated alkanes) is 27. The highest BCUT2D eigenvalue weighted by atomic mass is 16.1. The standard InChI is InChI=1S/C25H42O.C17H33NO.C6H7N/c1-2-3-4-5-6-7-8-9-10-11-12-13-14-15-19-22-25(26)23-24-20-17-16-18-21-24;1-2-3-4-5-6-7-8-9-10-11-12-13-14-15-16-18-17-19;7-6-4-2-1-3-5-6/h16-18,20-21H,2-15,19,22-23H2,1H3;2-16H2,1H3;1-5H,7H2. The van der Waals surface area contributed by atoms with Crippen LogP contribution >= 0.6 is 0 Å². The Morgan fingerprint density at radius 3 is 1.13 bits per heavy atom. The lowest BCUT2D eigenvalue weighted by Crippen LogP contribution is -2.02. The summed E-state index contributed by atoms with van der Waals surface area (Å²) in [6.45, 7) is 5.22. The van der Waals surface area contributed by atoms with Gasteiger partial charge in [-0.05, 0) is 30.5 Å². The molecule has 0 saturated heterocycles. The fourth-order valence-corrected chi connectivity index (χ4v) is 6.49. The van der Waals surface area contributed by atoms with Crippen molar-refractivity contribution in [2.24, 2.45) is 4.99 Å². The van der Waals surface area contributed by atoms with Crippen molar-refractivity contribution in [2.45, 2.75) is 213 Å². The van der Waals surface area contributed by atoms with Crippen molar-refractivity contribution in [2.75, 3.05) is 12.3 Å². The van der Waals surface area contributed by atoms with Crippen LogP contribution in [-0.2, 0) is 16.0 Å². The van der Waals surface area contributed by atoms with Crippen LogP contribution in [0.15, 0.2) is 65.7 Å². The Morgan fingerprint density at radius 1 is 0.481 bits per heavy atom. The lowest BCUT2D eigenvalue weighted by Gasteiger charge is -2.04. The number of ketones is 1. The molecule has 0 spiro atoms. The second kappa shape index (κ2) is 42.7. The fraction of sp³-hybridized carbons (Fsp3) is 0.708. The molecule has 0 radical (unpaired) electrons. The molecule has 0 fully saturated rings. The molecule has 0 aliphatic carbocycles. The van der Waals surface area contributed by atoms with Gasteiger partial charge in [0.1, 0.15) is 5.78 Å². The molecule has 2 rings (SSSR count). The van der Waals surface area contributed by atoms with Crippen molar-refractivity contribution in [3.8, 4) is 0 Å². The number of nitrogens with zero attached hydrogens (tertiary/aromatic N) is 1. The normalized spacial score (nSPS) is 10.4. The zero-order chi connectivity index (χ0) is 37.8. The molecule has 0 aromatic heterocycles. The summed E-state index contributed by atoms with van der Waals surface area (Å²) in [5, 5.41) is 0. The predicted molar refractivity (Wildman–Crippen MR) is 229 cm³/mol. The fourth-order valence-electron chi connectivity index (χ4n) is 6.49. The summed E-state index contributed by atoms with van der Waals surface area (Å²) in [6.07, 6.45) is 42.6. The Labute approximate surface area is 322 Å². The SMILES string of the molecule is CCCCCCCCCCCCCCCCCC(=O)Cc1ccccc1.CCCCCCCCCCCCCCCCN=C=O.Nc1ccccc1. The number of aliphatic imine (C=N–C) groups is 1. The van der Waals surface area contributed by atoms with Crippen molar-refractivity contribution >= 4 is 17.6 Å². The first-order valence-corrected chi connectivity index (χ1v) is 22.0. The van der Waals surface area contributed by atoms with E-state index < -0.39 is 0 Å². The Hall–Kier alpha value is -2.71. The van der Waals surface area contributed by atoms with Crippen LogP contribution in [0.3, 0.4) is 0 Å². The van der Waals surface area contributed by atoms with E-state index in [9.17, 15) is 9.59 Å². The average molecular weight is 719 g/mol. The van der Waals surface area contributed by atoms with Crippen molar-refractivity contribution in [3.05, 3.63) is 66.2 Å². The second-order valence-corrected chi connectivity index (χ2v) is 14.9. The Bertz CT molecular complexity index is 1020. The molecular formula is C48H82N2O2. The van der Waals surface area contributed by atoms with Crippen LogP contribution in [0.1, 0.15) is 212 Å². The van der Waals surface area contributed by atoms with Crippen LogP contribution in [0.5, 0.6) is 0 Å². The zero-order valence-corrected chi connectivity index (χ0v) is 34.2. The van der Waals surface area contributed by atoms with Gasteiger partial charge in [0.2, 0.25) is 6.08 Å². The Morgan fingerprint density at radius 2 is 0.808 bits per heavy atom. The van der Waals surface area contributed by atoms with Gasteiger partial charge in [0.05, 0.1) is 6.54 Å². The first-order chi connectivity index (χ1) is 25.6. The third-order valence-electron chi connectivity index (χ3n) is 9.79. The van der Waals surface area contributed by atoms with Gasteiger partial charge >= 0.3 is 0 Å². The number of isocyanates is 1. The summed E-state index contributed by atoms with van der Waals surface area (Å²) in [5.74, 6) is 0.394. The van der Waals surface area contributed by atoms with Crippen LogP contribution in [0.25, 0.3) is 0 Å². The Kier molecular flexibility index (Phi) is 40.5. The minimum Gasteiger partial charge on any atom is -0.399 e. The van der Waals surface area contributed by atoms with Gasteiger partial charge < -0.3 is 5.73 Å². The number of carbonyl (C=O) groups is 1. The topological polar surface area (TPSA) is 72.5 Å². The van der Waals surface area contributed by atoms with Gasteiger partial charge in [0.15, 0.2) is 0 Å². The number of hydrogen-bond donors (Lipinski definition) is 1. The van der Waals surface area contributed by atoms with Crippen molar-refractivity contribution < 1.29 is 9.59 Å². The van der Waals surface area contributed by atoms with Crippen LogP contribution < -0.4 is 5.73 Å². The maximum Gasteiger partial charge on any atom is 0.234 e. The maximum atomic E-state index is 11.9. The number of nitrogens with two attached hydrogens (primary N) is 1. The van der Waals surface area contributed by atoms with Gasteiger partial charge in [-0.3, -0.25) is 4.79 Å². The molecule has 52 heavy (non-hydrogen) atoms. The summed E-state index contributed by atoms with van der Waals surface area (Å²) in [5.41, 5.74) is 7.33. The van der Waals surface area contributed by atoms with E-state index in [-0.39, 0.29) is 0 Å². The van der Waals surface area contributed by atoms with E-state index in [1.807, 2.05) is 60.7 Å². The maximum absolute atomic E-state index is 11.9. The number of nitrogen functional groups attached to an aromatic ring is 1. The van der Waals surface area contributed by atoms with Gasteiger partial charge in [0.25, 0.3) is 0 Å². The lowest BCUT2D eigenvalue weighted by molar-refractivity contribution is -0.118. The summed E-state index contributed by atoms with van der Waals surface area (Å²) in [7, 11) is 0. The smallest absolute Gasteiger partial charge is 0.234 e. The summed E-state index contributed by atoms with van der Waals surface area (Å²) >= 11 is 0. The van der Waals surface area contributed by atoms with Gasteiger partial charge in [-0.15, -0.1) is 0 Å². The molecule has 4 heteroatoms. The Balaban J connectivity index is 0.000000868. The molecule has 0 amide bonds. The van der Waals surface area contributed by atoms with Crippen LogP contribution in [0.2, 0.25) is 0 Å². The molecule has 296 valence electrons. The number of hydrogen-bond acceptors (Lipinski definition) is 4. The molecule has 2 aromatic carbocycles. The largest absolute Gasteiger partial charge is 0.399 e. The van der Waals surface area contributed by atoms with E-state index in [2.05, 4.69) is 18.8 Å². The van der Waals surface area contributed by atoms with E-state index in [1.54, 1.807) is 6.08 Å². The average Bonchev–Trinajstić information content (AvgIpc) is 3.16. The minimum absolute atomic E-state index is 0.394. The monoisotopic (exact) mass is 719 g/mol. The molecule has 0 aliphatic rings. The van der Waals surface area contributed by atoms with E-state index in [1.165, 1.54) is 173 Å². The number of benzene rings is 2. The molecule has 0 heterocycles. The summed E-state index contributed by atoms with van der Waals surface area (Å²) in [6, 6.07) is 19.6. The van der Waals surface area contributed by atoms with Gasteiger partial charge in [-0.2, -0.15) is 0 Å². The summed E-state index contributed by atoms with van der Waals surface area (Å²) in [4.78, 5) is 25.4. The van der Waals surface area contributed by atoms with Crippen LogP contribution in [0.4, 0.5) is 5.69 Å². The number of rotatable bonds is 33. The van der Waals surface area contributed by atoms with Gasteiger partial charge in [0, 0.05) is 18.5 Å². The third kappa shape index (κ3) is 40.1. The van der Waals surface area contributed by atoms with Crippen molar-refractivity contribution in [1.82, 2.24) is 0 Å². The van der Waals surface area contributed by atoms with E-state index >= 15 is 0 Å². The minimum atomic E-state index is 0.394. The highest BCUT2D eigenvalue weighted by molar-refractivity contribution is 5.80. The molecule has 2 N–H and O–H groups in total. The molecule has 2 aromatic rings. The summed E-state index contributed by atoms with van der Waals surface area (Å²) < 4.78 is 0. The number of Topliss-reactive ketones (excluding diaryl/α,β-unsaturated/α-hetero) is 1. The number of para-hydroxylation sites is 1. The molecule has 0 atom stereocenters. The molecule has 0 bridgehead atoms. The van der Waals surface area contributed by atoms with Gasteiger partial charge in [-0.25, -0.2) is 9.79 Å². The predicted octanol–water partition coefficient (Wildman–Crippen LogP) is 15.1. The highest BCUT2D eigenvalue weighted by Gasteiger charge is 2.03. The zero-order valence-electron chi connectivity index (χ0n) is 34.2. The number of anilines is 1. The molecular weight excluding hydrogens is 637 g/mol. The molecule has 0 saturated carbocycles. The van der Waals surface area contributed by atoms with E-state index in [0.29, 0.717) is 18.7 Å². The highest BCUT2D eigenvalue weighted by Crippen LogP contribution is 2.15. The molecule has 0 unspecified atom stereocenters. The first-order valence-electron chi connectivity index (χ1n) is 22.0. The van der Waals surface area contributed by atoms with Crippen LogP contribution in [-0.4, -0.2) is 18.4 Å². The van der Waals surface area contributed by atoms with E-state index in [0.717, 1.165) is 30.5 Å². The third-order valence-corrected chi connectivity index (χ3v) is 9.79. The van der Waals surface area contributed by atoms with Gasteiger partial charge in [-0.1, -0.05) is 236 Å². The van der Waals surface area contributed by atoms with E-state index in [4.69, 9.17) is 5.73 Å². The quantitative estimate of drug-likeness (QED) is 0.0345. The van der Waals surface area contributed by atoms with Crippen LogP contribution in [0, 0.1) is 0 Å². The second-order valence-electron chi connectivity index (χ2n) is 14.9. The first kappa shape index (κ1) is 49.3. The lowest BCUT2D eigenvalue weighted by atomic mass is 10.0. The van der Waals surface area contributed by atoms with Crippen molar-refractivity contribution in [1.29, 1.82) is 0 Å². The molecule has 0 aliphatic heterocycles. The van der Waals surface area contributed by atoms with Crippen molar-refractivity contribution in [3.63, 3.8) is 0 Å². The number of carbonyl (C=O) groups excluding carboxylic acids is 2. The molecule has 4 nitrogen and oxygen atoms in total.